The smallest absolute Gasteiger partial charge is 0.0375 e. The summed E-state index contributed by atoms with van der Waals surface area (Å²) in [5, 5.41) is 0. The van der Waals surface area contributed by atoms with Gasteiger partial charge in [0.1, 0.15) is 0 Å². The third-order valence-electron chi connectivity index (χ3n) is 2.56. The number of rotatable bonds is 2. The summed E-state index contributed by atoms with van der Waals surface area (Å²) in [6.07, 6.45) is 3.05. The van der Waals surface area contributed by atoms with Gasteiger partial charge in [-0.25, -0.2) is 0 Å². The van der Waals surface area contributed by atoms with Crippen LogP contribution >= 0.6 is 0 Å². The van der Waals surface area contributed by atoms with Crippen LogP contribution in [-0.2, 0) is 5.41 Å². The zero-order chi connectivity index (χ0) is 9.19. The zero-order valence-corrected chi connectivity index (χ0v) is 8.39. The van der Waals surface area contributed by atoms with Gasteiger partial charge in [-0.2, -0.15) is 0 Å². The number of hydrogen-bond acceptors (Lipinski definition) is 1. The molecule has 0 fully saturated rings. The van der Waals surface area contributed by atoms with Gasteiger partial charge >= 0.3 is 0 Å². The maximum atomic E-state index is 4.19. The second kappa shape index (κ2) is 3.26. The summed E-state index contributed by atoms with van der Waals surface area (Å²) in [4.78, 5) is 4.19. The second-order valence-electron chi connectivity index (χ2n) is 3.92. The Morgan fingerprint density at radius 2 is 2.08 bits per heavy atom. The molecule has 1 heterocycles. The van der Waals surface area contributed by atoms with Crippen LogP contribution in [0, 0.1) is 6.92 Å². The lowest BCUT2D eigenvalue weighted by Gasteiger charge is -2.23. The Bertz CT molecular complexity index is 263. The molecule has 0 amide bonds. The second-order valence-corrected chi connectivity index (χ2v) is 3.92. The Balaban J connectivity index is 3.03. The Morgan fingerprint density at radius 3 is 2.58 bits per heavy atom. The van der Waals surface area contributed by atoms with Crippen molar-refractivity contribution in [1.82, 2.24) is 4.98 Å². The SMILES string of the molecule is CCC(C)(C)c1ccnc(C)c1. The number of aryl methyl sites for hydroxylation is 1. The van der Waals surface area contributed by atoms with E-state index < -0.39 is 0 Å². The molecule has 0 saturated carbocycles. The van der Waals surface area contributed by atoms with E-state index >= 15 is 0 Å². The predicted octanol–water partition coefficient (Wildman–Crippen LogP) is 3.08. The maximum absolute atomic E-state index is 4.19. The molecule has 0 aliphatic heterocycles. The molecule has 1 nitrogen and oxygen atoms in total. The van der Waals surface area contributed by atoms with Gasteiger partial charge in [-0.3, -0.25) is 4.98 Å². The average Bonchev–Trinajstić information content (AvgIpc) is 2.05. The molecule has 0 aliphatic carbocycles. The van der Waals surface area contributed by atoms with E-state index in [0.717, 1.165) is 12.1 Å². The van der Waals surface area contributed by atoms with Crippen LogP contribution in [0.25, 0.3) is 0 Å². The Morgan fingerprint density at radius 1 is 1.42 bits per heavy atom. The minimum atomic E-state index is 0.285. The number of nitrogens with zero attached hydrogens (tertiary/aromatic N) is 1. The molecule has 66 valence electrons. The van der Waals surface area contributed by atoms with Crippen molar-refractivity contribution in [2.75, 3.05) is 0 Å². The molecule has 1 rings (SSSR count). The van der Waals surface area contributed by atoms with Crippen molar-refractivity contribution in [3.8, 4) is 0 Å². The molecule has 0 aliphatic rings. The van der Waals surface area contributed by atoms with Gasteiger partial charge in [0.15, 0.2) is 0 Å². The molecule has 1 heteroatoms. The van der Waals surface area contributed by atoms with Crippen molar-refractivity contribution in [2.24, 2.45) is 0 Å². The van der Waals surface area contributed by atoms with Gasteiger partial charge in [-0.1, -0.05) is 20.8 Å². The van der Waals surface area contributed by atoms with E-state index in [1.54, 1.807) is 0 Å². The third kappa shape index (κ3) is 1.84. The molecule has 0 saturated heterocycles. The molecule has 1 aromatic heterocycles. The van der Waals surface area contributed by atoms with E-state index in [-0.39, 0.29) is 5.41 Å². The lowest BCUT2D eigenvalue weighted by atomic mass is 9.82. The first kappa shape index (κ1) is 9.24. The minimum absolute atomic E-state index is 0.285. The monoisotopic (exact) mass is 163 g/mol. The molecular formula is C11H17N. The third-order valence-corrected chi connectivity index (χ3v) is 2.56. The van der Waals surface area contributed by atoms with Crippen molar-refractivity contribution in [3.05, 3.63) is 29.6 Å². The molecule has 0 bridgehead atoms. The fourth-order valence-electron chi connectivity index (χ4n) is 1.17. The summed E-state index contributed by atoms with van der Waals surface area (Å²) < 4.78 is 0. The molecule has 0 radical (unpaired) electrons. The minimum Gasteiger partial charge on any atom is -0.262 e. The van der Waals surface area contributed by atoms with Crippen LogP contribution in [0.1, 0.15) is 38.4 Å². The van der Waals surface area contributed by atoms with E-state index in [4.69, 9.17) is 0 Å². The topological polar surface area (TPSA) is 12.9 Å². The first-order chi connectivity index (χ1) is 5.56. The first-order valence-electron chi connectivity index (χ1n) is 4.49. The number of pyridine rings is 1. The Hall–Kier alpha value is -0.850. The van der Waals surface area contributed by atoms with Crippen LogP contribution in [0.4, 0.5) is 0 Å². The highest BCUT2D eigenvalue weighted by Crippen LogP contribution is 2.26. The van der Waals surface area contributed by atoms with Crippen LogP contribution in [0.5, 0.6) is 0 Å². The van der Waals surface area contributed by atoms with Crippen molar-refractivity contribution in [3.63, 3.8) is 0 Å². The van der Waals surface area contributed by atoms with Gasteiger partial charge in [0.05, 0.1) is 0 Å². The molecule has 0 atom stereocenters. The van der Waals surface area contributed by atoms with Crippen LogP contribution in [-0.4, -0.2) is 4.98 Å². The summed E-state index contributed by atoms with van der Waals surface area (Å²) in [7, 11) is 0. The summed E-state index contributed by atoms with van der Waals surface area (Å²) in [5.41, 5.74) is 2.78. The van der Waals surface area contributed by atoms with Gasteiger partial charge in [0.2, 0.25) is 0 Å². The maximum Gasteiger partial charge on any atom is 0.0375 e. The van der Waals surface area contributed by atoms with Crippen molar-refractivity contribution in [2.45, 2.75) is 39.5 Å². The van der Waals surface area contributed by atoms with Gasteiger partial charge in [0, 0.05) is 11.9 Å². The van der Waals surface area contributed by atoms with Gasteiger partial charge in [-0.05, 0) is 36.5 Å². The lowest BCUT2D eigenvalue weighted by molar-refractivity contribution is 0.505. The predicted molar refractivity (Wildman–Crippen MR) is 52.3 cm³/mol. The normalized spacial score (nSPS) is 11.7. The fourth-order valence-corrected chi connectivity index (χ4v) is 1.17. The zero-order valence-electron chi connectivity index (χ0n) is 8.39. The van der Waals surface area contributed by atoms with E-state index in [2.05, 4.69) is 37.9 Å². The van der Waals surface area contributed by atoms with Gasteiger partial charge < -0.3 is 0 Å². The van der Waals surface area contributed by atoms with Crippen molar-refractivity contribution >= 4 is 0 Å². The average molecular weight is 163 g/mol. The molecule has 0 N–H and O–H groups in total. The largest absolute Gasteiger partial charge is 0.262 e. The van der Waals surface area contributed by atoms with Crippen LogP contribution in [0.2, 0.25) is 0 Å². The summed E-state index contributed by atoms with van der Waals surface area (Å²) >= 11 is 0. The summed E-state index contributed by atoms with van der Waals surface area (Å²) in [5.74, 6) is 0. The molecule has 12 heavy (non-hydrogen) atoms. The van der Waals surface area contributed by atoms with E-state index in [9.17, 15) is 0 Å². The van der Waals surface area contributed by atoms with Crippen LogP contribution in [0.3, 0.4) is 0 Å². The van der Waals surface area contributed by atoms with E-state index in [0.29, 0.717) is 0 Å². The van der Waals surface area contributed by atoms with Crippen LogP contribution in [0.15, 0.2) is 18.3 Å². The summed E-state index contributed by atoms with van der Waals surface area (Å²) in [6, 6.07) is 4.28. The van der Waals surface area contributed by atoms with Gasteiger partial charge in [0.25, 0.3) is 0 Å². The van der Waals surface area contributed by atoms with Crippen LogP contribution < -0.4 is 0 Å². The molecule has 0 unspecified atom stereocenters. The molecule has 0 spiro atoms. The van der Waals surface area contributed by atoms with Crippen molar-refractivity contribution in [1.29, 1.82) is 0 Å². The summed E-state index contributed by atoms with van der Waals surface area (Å²) in [6.45, 7) is 8.79. The quantitative estimate of drug-likeness (QED) is 0.653. The Labute approximate surface area is 74.8 Å². The Kier molecular flexibility index (Phi) is 2.51. The standard InChI is InChI=1S/C11H17N/c1-5-11(3,4)10-6-7-12-9(2)8-10/h6-8H,5H2,1-4H3. The number of aromatic nitrogens is 1. The highest BCUT2D eigenvalue weighted by atomic mass is 14.6. The first-order valence-corrected chi connectivity index (χ1v) is 4.49. The van der Waals surface area contributed by atoms with Crippen molar-refractivity contribution < 1.29 is 0 Å². The lowest BCUT2D eigenvalue weighted by Crippen LogP contribution is -2.15. The fraction of sp³-hybridized carbons (Fsp3) is 0.545. The number of hydrogen-bond donors (Lipinski definition) is 0. The highest BCUT2D eigenvalue weighted by molar-refractivity contribution is 5.23. The van der Waals surface area contributed by atoms with E-state index in [1.165, 1.54) is 5.56 Å². The molecular weight excluding hydrogens is 146 g/mol. The molecule has 1 aromatic rings. The van der Waals surface area contributed by atoms with Gasteiger partial charge in [-0.15, -0.1) is 0 Å². The molecule has 0 aromatic carbocycles. The highest BCUT2D eigenvalue weighted by Gasteiger charge is 2.17. The van der Waals surface area contributed by atoms with E-state index in [1.807, 2.05) is 13.1 Å².